The van der Waals surface area contributed by atoms with E-state index in [9.17, 15) is 8.42 Å². The minimum absolute atomic E-state index is 0.278. The van der Waals surface area contributed by atoms with E-state index < -0.39 is 9.84 Å². The van der Waals surface area contributed by atoms with Crippen molar-refractivity contribution in [2.45, 2.75) is 75.2 Å². The predicted molar refractivity (Wildman–Crippen MR) is 124 cm³/mol. The topological polar surface area (TPSA) is 85.5 Å². The summed E-state index contributed by atoms with van der Waals surface area (Å²) in [7, 11) is -3.13. The maximum atomic E-state index is 11.7. The van der Waals surface area contributed by atoms with Crippen molar-refractivity contribution in [3.63, 3.8) is 0 Å². The number of ether oxygens (including phenoxy) is 1. The number of rotatable bonds is 7. The third kappa shape index (κ3) is 5.70. The fourth-order valence-electron chi connectivity index (χ4n) is 4.70. The molecule has 0 N–H and O–H groups in total. The highest BCUT2D eigenvalue weighted by atomic mass is 32.2. The molecule has 0 spiro atoms. The van der Waals surface area contributed by atoms with Crippen LogP contribution in [0.5, 0.6) is 0 Å². The van der Waals surface area contributed by atoms with Crippen LogP contribution in [0, 0.1) is 5.92 Å². The van der Waals surface area contributed by atoms with E-state index in [1.807, 2.05) is 12.1 Å². The fraction of sp³-hybridized carbons (Fsp3) is 0.667. The number of hydrogen-bond donors (Lipinski definition) is 0. The van der Waals surface area contributed by atoms with Crippen LogP contribution in [0.25, 0.3) is 0 Å². The zero-order valence-electron chi connectivity index (χ0n) is 19.4. The second kappa shape index (κ2) is 9.91. The summed E-state index contributed by atoms with van der Waals surface area (Å²) in [5.74, 6) is 2.13. The molecule has 1 aliphatic heterocycles. The first-order valence-electron chi connectivity index (χ1n) is 11.8. The first-order valence-corrected chi connectivity index (χ1v) is 13.7. The Labute approximate surface area is 191 Å². The van der Waals surface area contributed by atoms with Gasteiger partial charge in [-0.3, -0.25) is 0 Å². The van der Waals surface area contributed by atoms with Crippen molar-refractivity contribution in [1.82, 2.24) is 10.1 Å². The summed E-state index contributed by atoms with van der Waals surface area (Å²) >= 11 is 0. The van der Waals surface area contributed by atoms with E-state index in [1.165, 1.54) is 11.8 Å². The van der Waals surface area contributed by atoms with Crippen molar-refractivity contribution >= 4 is 15.9 Å². The van der Waals surface area contributed by atoms with E-state index in [0.29, 0.717) is 28.8 Å². The Morgan fingerprint density at radius 3 is 2.28 bits per heavy atom. The normalized spacial score (nSPS) is 23.1. The lowest BCUT2D eigenvalue weighted by Crippen LogP contribution is -2.36. The van der Waals surface area contributed by atoms with Crippen molar-refractivity contribution < 1.29 is 17.7 Å². The van der Waals surface area contributed by atoms with Crippen LogP contribution in [0.3, 0.4) is 0 Å². The lowest BCUT2D eigenvalue weighted by atomic mass is 9.82. The standard InChI is InChI=1S/C24H35N3O4S/c1-17(2)23-25-24(31-26-23)27-14-12-18(13-15-27)16-30-21-8-4-19(5-9-21)20-6-10-22(11-7-20)32(3,28)29/h6-7,10-11,17-19,21H,4-5,8-9,12-16H2,1-3H3/t19-,21-. The first kappa shape index (κ1) is 23.2. The van der Waals surface area contributed by atoms with Gasteiger partial charge in [0, 0.05) is 31.9 Å². The minimum Gasteiger partial charge on any atom is -0.378 e. The number of sulfone groups is 1. The zero-order valence-corrected chi connectivity index (χ0v) is 20.2. The van der Waals surface area contributed by atoms with Gasteiger partial charge in [0.05, 0.1) is 11.0 Å². The highest BCUT2D eigenvalue weighted by molar-refractivity contribution is 7.90. The van der Waals surface area contributed by atoms with Gasteiger partial charge in [-0.25, -0.2) is 8.42 Å². The van der Waals surface area contributed by atoms with Gasteiger partial charge in [0.1, 0.15) is 0 Å². The average Bonchev–Trinajstić information content (AvgIpc) is 3.29. The second-order valence-corrected chi connectivity index (χ2v) is 11.7. The lowest BCUT2D eigenvalue weighted by molar-refractivity contribution is 0.000442. The maximum Gasteiger partial charge on any atom is 0.324 e. The Hall–Kier alpha value is -1.93. The number of anilines is 1. The van der Waals surface area contributed by atoms with Crippen LogP contribution in [0.15, 0.2) is 33.7 Å². The Balaban J connectivity index is 1.18. The molecular weight excluding hydrogens is 426 g/mol. The quantitative estimate of drug-likeness (QED) is 0.598. The van der Waals surface area contributed by atoms with Gasteiger partial charge in [0.25, 0.3) is 0 Å². The maximum absolute atomic E-state index is 11.7. The minimum atomic E-state index is -3.13. The Bertz CT molecular complexity index is 971. The SMILES string of the molecule is CC(C)c1noc(N2CCC(CO[C@H]3CC[C@H](c4ccc(S(C)(=O)=O)cc4)CC3)CC2)n1. The molecule has 2 fully saturated rings. The van der Waals surface area contributed by atoms with E-state index in [0.717, 1.165) is 64.0 Å². The van der Waals surface area contributed by atoms with Crippen LogP contribution in [-0.4, -0.2) is 50.6 Å². The molecule has 4 rings (SSSR count). The summed E-state index contributed by atoms with van der Waals surface area (Å²) in [6.45, 7) is 6.84. The molecule has 1 aromatic heterocycles. The van der Waals surface area contributed by atoms with Crippen LogP contribution in [0.4, 0.5) is 6.01 Å². The Kier molecular flexibility index (Phi) is 7.20. The van der Waals surface area contributed by atoms with Crippen LogP contribution in [0.2, 0.25) is 0 Å². The molecule has 176 valence electrons. The molecular formula is C24H35N3O4S. The number of nitrogens with zero attached hydrogens (tertiary/aromatic N) is 3. The van der Waals surface area contributed by atoms with Gasteiger partial charge in [-0.1, -0.05) is 31.1 Å². The van der Waals surface area contributed by atoms with Crippen molar-refractivity contribution in [1.29, 1.82) is 0 Å². The molecule has 1 aliphatic carbocycles. The highest BCUT2D eigenvalue weighted by Crippen LogP contribution is 2.35. The van der Waals surface area contributed by atoms with E-state index in [2.05, 4.69) is 28.9 Å². The third-order valence-corrected chi connectivity index (χ3v) is 7.98. The Morgan fingerprint density at radius 2 is 1.72 bits per heavy atom. The van der Waals surface area contributed by atoms with E-state index in [1.54, 1.807) is 12.1 Å². The van der Waals surface area contributed by atoms with Gasteiger partial charge in [0.2, 0.25) is 0 Å². The van der Waals surface area contributed by atoms with Gasteiger partial charge < -0.3 is 14.2 Å². The molecule has 7 nitrogen and oxygen atoms in total. The van der Waals surface area contributed by atoms with Crippen LogP contribution < -0.4 is 4.90 Å². The summed E-state index contributed by atoms with van der Waals surface area (Å²) in [6.07, 6.45) is 8.08. The predicted octanol–water partition coefficient (Wildman–Crippen LogP) is 4.56. The van der Waals surface area contributed by atoms with Crippen molar-refractivity contribution in [2.24, 2.45) is 5.92 Å². The second-order valence-electron chi connectivity index (χ2n) is 9.67. The summed E-state index contributed by atoms with van der Waals surface area (Å²) in [4.78, 5) is 7.10. The van der Waals surface area contributed by atoms with Crippen molar-refractivity contribution in [2.75, 3.05) is 30.9 Å². The third-order valence-electron chi connectivity index (χ3n) is 6.85. The Morgan fingerprint density at radius 1 is 1.06 bits per heavy atom. The fourth-order valence-corrected chi connectivity index (χ4v) is 5.33. The molecule has 0 atom stereocenters. The lowest BCUT2D eigenvalue weighted by Gasteiger charge is -2.33. The van der Waals surface area contributed by atoms with Crippen LogP contribution in [0.1, 0.15) is 75.6 Å². The van der Waals surface area contributed by atoms with Gasteiger partial charge in [-0.05, 0) is 68.1 Å². The molecule has 2 aromatic rings. The highest BCUT2D eigenvalue weighted by Gasteiger charge is 2.27. The van der Waals surface area contributed by atoms with E-state index in [-0.39, 0.29) is 5.92 Å². The molecule has 1 saturated heterocycles. The molecule has 2 heterocycles. The molecule has 8 heteroatoms. The van der Waals surface area contributed by atoms with E-state index in [4.69, 9.17) is 9.26 Å². The molecule has 2 aliphatic rings. The first-order chi connectivity index (χ1) is 15.3. The monoisotopic (exact) mass is 461 g/mol. The largest absolute Gasteiger partial charge is 0.378 e. The van der Waals surface area contributed by atoms with Crippen molar-refractivity contribution in [3.8, 4) is 0 Å². The van der Waals surface area contributed by atoms with E-state index >= 15 is 0 Å². The molecule has 0 bridgehead atoms. The summed E-state index contributed by atoms with van der Waals surface area (Å²) < 4.78 is 35.0. The summed E-state index contributed by atoms with van der Waals surface area (Å²) in [5, 5.41) is 4.07. The molecule has 0 radical (unpaired) electrons. The molecule has 32 heavy (non-hydrogen) atoms. The van der Waals surface area contributed by atoms with Crippen LogP contribution >= 0.6 is 0 Å². The summed E-state index contributed by atoms with van der Waals surface area (Å²) in [5.41, 5.74) is 1.24. The molecule has 0 unspecified atom stereocenters. The molecule has 0 amide bonds. The molecule has 1 saturated carbocycles. The molecule has 1 aromatic carbocycles. The van der Waals surface area contributed by atoms with Crippen LogP contribution in [-0.2, 0) is 14.6 Å². The van der Waals surface area contributed by atoms with Gasteiger partial charge in [0.15, 0.2) is 15.7 Å². The number of benzene rings is 1. The number of hydrogen-bond acceptors (Lipinski definition) is 7. The smallest absolute Gasteiger partial charge is 0.324 e. The number of piperidine rings is 1. The van der Waals surface area contributed by atoms with Gasteiger partial charge in [-0.2, -0.15) is 4.98 Å². The van der Waals surface area contributed by atoms with Gasteiger partial charge in [-0.15, -0.1) is 0 Å². The summed E-state index contributed by atoms with van der Waals surface area (Å²) in [6, 6.07) is 8.07. The van der Waals surface area contributed by atoms with Crippen molar-refractivity contribution in [3.05, 3.63) is 35.7 Å². The zero-order chi connectivity index (χ0) is 22.7. The average molecular weight is 462 g/mol. The number of aromatic nitrogens is 2. The van der Waals surface area contributed by atoms with Gasteiger partial charge >= 0.3 is 6.01 Å².